The number of nitrogens with two attached hydrogens (primary N) is 1. The molecule has 0 bridgehead atoms. The standard InChI is InChI=1S/C13H22N2/c1-3-6-12-7-4-5-8-13(12)11-15(2)10-9-14/h4-5,7-8H,3,6,9-11,14H2,1-2H3. The van der Waals surface area contributed by atoms with E-state index in [0.717, 1.165) is 19.6 Å². The van der Waals surface area contributed by atoms with Crippen molar-refractivity contribution in [2.24, 2.45) is 5.73 Å². The molecule has 0 spiro atoms. The minimum absolute atomic E-state index is 0.729. The molecule has 0 aliphatic carbocycles. The molecule has 0 atom stereocenters. The molecule has 1 rings (SSSR count). The third kappa shape index (κ3) is 4.02. The fourth-order valence-electron chi connectivity index (χ4n) is 1.82. The van der Waals surface area contributed by atoms with Crippen LogP contribution in [0.2, 0.25) is 0 Å². The van der Waals surface area contributed by atoms with Crippen LogP contribution in [0, 0.1) is 0 Å². The molecular formula is C13H22N2. The molecule has 0 amide bonds. The summed E-state index contributed by atoms with van der Waals surface area (Å²) in [6.45, 7) is 4.92. The van der Waals surface area contributed by atoms with E-state index in [4.69, 9.17) is 5.73 Å². The van der Waals surface area contributed by atoms with E-state index in [1.165, 1.54) is 24.0 Å². The van der Waals surface area contributed by atoms with Gasteiger partial charge in [-0.25, -0.2) is 0 Å². The fraction of sp³-hybridized carbons (Fsp3) is 0.538. The molecule has 0 saturated carbocycles. The first-order chi connectivity index (χ1) is 7.27. The Labute approximate surface area is 93.1 Å². The number of aryl methyl sites for hydroxylation is 1. The molecule has 15 heavy (non-hydrogen) atoms. The quantitative estimate of drug-likeness (QED) is 0.771. The third-order valence-corrected chi connectivity index (χ3v) is 2.59. The van der Waals surface area contributed by atoms with E-state index < -0.39 is 0 Å². The fourth-order valence-corrected chi connectivity index (χ4v) is 1.82. The van der Waals surface area contributed by atoms with Gasteiger partial charge in [-0.1, -0.05) is 37.6 Å². The van der Waals surface area contributed by atoms with E-state index >= 15 is 0 Å². The van der Waals surface area contributed by atoms with E-state index in [0.29, 0.717) is 0 Å². The number of hydrogen-bond acceptors (Lipinski definition) is 2. The van der Waals surface area contributed by atoms with Gasteiger partial charge in [0.05, 0.1) is 0 Å². The number of benzene rings is 1. The Hall–Kier alpha value is -0.860. The second-order valence-electron chi connectivity index (χ2n) is 4.05. The number of likely N-dealkylation sites (N-methyl/N-ethyl adjacent to an activating group) is 1. The molecule has 84 valence electrons. The Kier molecular flexibility index (Phi) is 5.37. The van der Waals surface area contributed by atoms with Crippen LogP contribution in [-0.2, 0) is 13.0 Å². The van der Waals surface area contributed by atoms with E-state index in [1.807, 2.05) is 0 Å². The first-order valence-corrected chi connectivity index (χ1v) is 5.73. The minimum atomic E-state index is 0.729. The van der Waals surface area contributed by atoms with Crippen LogP contribution < -0.4 is 5.73 Å². The molecular weight excluding hydrogens is 184 g/mol. The van der Waals surface area contributed by atoms with Gasteiger partial charge in [-0.05, 0) is 24.6 Å². The van der Waals surface area contributed by atoms with Gasteiger partial charge >= 0.3 is 0 Å². The summed E-state index contributed by atoms with van der Waals surface area (Å²) < 4.78 is 0. The van der Waals surface area contributed by atoms with Crippen LogP contribution in [0.5, 0.6) is 0 Å². The summed E-state index contributed by atoms with van der Waals surface area (Å²) in [5.74, 6) is 0. The number of rotatable bonds is 6. The highest BCUT2D eigenvalue weighted by Crippen LogP contribution is 2.12. The van der Waals surface area contributed by atoms with Crippen molar-refractivity contribution in [3.63, 3.8) is 0 Å². The van der Waals surface area contributed by atoms with Gasteiger partial charge in [-0.2, -0.15) is 0 Å². The first-order valence-electron chi connectivity index (χ1n) is 5.73. The summed E-state index contributed by atoms with van der Waals surface area (Å²) in [6.07, 6.45) is 2.38. The van der Waals surface area contributed by atoms with Crippen molar-refractivity contribution in [3.8, 4) is 0 Å². The Morgan fingerprint density at radius 2 is 1.87 bits per heavy atom. The molecule has 0 unspecified atom stereocenters. The number of nitrogens with zero attached hydrogens (tertiary/aromatic N) is 1. The molecule has 0 aliphatic rings. The lowest BCUT2D eigenvalue weighted by atomic mass is 10.0. The predicted molar refractivity (Wildman–Crippen MR) is 65.8 cm³/mol. The van der Waals surface area contributed by atoms with E-state index in [-0.39, 0.29) is 0 Å². The molecule has 2 N–H and O–H groups in total. The lowest BCUT2D eigenvalue weighted by Crippen LogP contribution is -2.25. The zero-order valence-corrected chi connectivity index (χ0v) is 9.87. The average molecular weight is 206 g/mol. The van der Waals surface area contributed by atoms with Crippen molar-refractivity contribution in [2.45, 2.75) is 26.3 Å². The van der Waals surface area contributed by atoms with Gasteiger partial charge in [0.2, 0.25) is 0 Å². The van der Waals surface area contributed by atoms with Crippen molar-refractivity contribution in [1.29, 1.82) is 0 Å². The maximum absolute atomic E-state index is 5.54. The Morgan fingerprint density at radius 3 is 2.47 bits per heavy atom. The van der Waals surface area contributed by atoms with Crippen molar-refractivity contribution in [1.82, 2.24) is 4.90 Å². The van der Waals surface area contributed by atoms with Crippen LogP contribution in [0.1, 0.15) is 24.5 Å². The SMILES string of the molecule is CCCc1ccccc1CN(C)CCN. The third-order valence-electron chi connectivity index (χ3n) is 2.59. The van der Waals surface area contributed by atoms with E-state index in [9.17, 15) is 0 Å². The van der Waals surface area contributed by atoms with Crippen molar-refractivity contribution in [2.75, 3.05) is 20.1 Å². The summed E-state index contributed by atoms with van der Waals surface area (Å²) in [7, 11) is 2.12. The van der Waals surface area contributed by atoms with Gasteiger partial charge in [-0.3, -0.25) is 0 Å². The summed E-state index contributed by atoms with van der Waals surface area (Å²) in [4.78, 5) is 2.27. The van der Waals surface area contributed by atoms with Gasteiger partial charge < -0.3 is 10.6 Å². The summed E-state index contributed by atoms with van der Waals surface area (Å²) in [5, 5.41) is 0. The maximum Gasteiger partial charge on any atom is 0.0233 e. The van der Waals surface area contributed by atoms with E-state index in [2.05, 4.69) is 43.1 Å². The first kappa shape index (κ1) is 12.2. The molecule has 0 aliphatic heterocycles. The van der Waals surface area contributed by atoms with Gasteiger partial charge in [0.25, 0.3) is 0 Å². The molecule has 1 aromatic carbocycles. The van der Waals surface area contributed by atoms with Gasteiger partial charge in [0, 0.05) is 19.6 Å². The topological polar surface area (TPSA) is 29.3 Å². The lowest BCUT2D eigenvalue weighted by molar-refractivity contribution is 0.335. The Balaban J connectivity index is 2.66. The zero-order chi connectivity index (χ0) is 11.1. The molecule has 0 fully saturated rings. The maximum atomic E-state index is 5.54. The largest absolute Gasteiger partial charge is 0.329 e. The van der Waals surface area contributed by atoms with Crippen LogP contribution in [0.25, 0.3) is 0 Å². The summed E-state index contributed by atoms with van der Waals surface area (Å²) in [6, 6.07) is 8.69. The van der Waals surface area contributed by atoms with Crippen molar-refractivity contribution in [3.05, 3.63) is 35.4 Å². The smallest absolute Gasteiger partial charge is 0.0233 e. The Morgan fingerprint density at radius 1 is 1.20 bits per heavy atom. The predicted octanol–water partition coefficient (Wildman–Crippen LogP) is 2.03. The molecule has 0 heterocycles. The molecule has 0 aromatic heterocycles. The molecule has 0 radical (unpaired) electrons. The van der Waals surface area contributed by atoms with Crippen LogP contribution in [0.4, 0.5) is 0 Å². The highest BCUT2D eigenvalue weighted by molar-refractivity contribution is 5.27. The second kappa shape index (κ2) is 6.59. The molecule has 1 aromatic rings. The van der Waals surface area contributed by atoms with Crippen LogP contribution >= 0.6 is 0 Å². The van der Waals surface area contributed by atoms with Crippen LogP contribution in [0.3, 0.4) is 0 Å². The van der Waals surface area contributed by atoms with Gasteiger partial charge in [0.1, 0.15) is 0 Å². The monoisotopic (exact) mass is 206 g/mol. The van der Waals surface area contributed by atoms with Gasteiger partial charge in [-0.15, -0.1) is 0 Å². The Bertz CT molecular complexity index is 284. The molecule has 2 heteroatoms. The summed E-state index contributed by atoms with van der Waals surface area (Å²) >= 11 is 0. The lowest BCUT2D eigenvalue weighted by Gasteiger charge is -2.17. The minimum Gasteiger partial charge on any atom is -0.329 e. The molecule has 2 nitrogen and oxygen atoms in total. The highest BCUT2D eigenvalue weighted by atomic mass is 15.1. The van der Waals surface area contributed by atoms with Gasteiger partial charge in [0.15, 0.2) is 0 Å². The van der Waals surface area contributed by atoms with Crippen LogP contribution in [-0.4, -0.2) is 25.0 Å². The zero-order valence-electron chi connectivity index (χ0n) is 9.87. The molecule has 0 saturated heterocycles. The van der Waals surface area contributed by atoms with Crippen molar-refractivity contribution >= 4 is 0 Å². The normalized spacial score (nSPS) is 10.9. The van der Waals surface area contributed by atoms with E-state index in [1.54, 1.807) is 0 Å². The number of hydrogen-bond donors (Lipinski definition) is 1. The second-order valence-corrected chi connectivity index (χ2v) is 4.05. The van der Waals surface area contributed by atoms with Crippen LogP contribution in [0.15, 0.2) is 24.3 Å². The van der Waals surface area contributed by atoms with Crippen molar-refractivity contribution < 1.29 is 0 Å². The average Bonchev–Trinajstić information content (AvgIpc) is 2.21. The highest BCUT2D eigenvalue weighted by Gasteiger charge is 2.03. The summed E-state index contributed by atoms with van der Waals surface area (Å²) in [5.41, 5.74) is 8.45.